The topological polar surface area (TPSA) is 58.6 Å². The number of benzene rings is 1. The summed E-state index contributed by atoms with van der Waals surface area (Å²) in [5.41, 5.74) is 0.956. The number of nitrogens with zero attached hydrogens (tertiary/aromatic N) is 1. The van der Waals surface area contributed by atoms with E-state index in [0.29, 0.717) is 19.5 Å². The van der Waals surface area contributed by atoms with Crippen LogP contribution in [0.15, 0.2) is 30.3 Å². The van der Waals surface area contributed by atoms with Gasteiger partial charge in [-0.1, -0.05) is 30.3 Å². The summed E-state index contributed by atoms with van der Waals surface area (Å²) in [4.78, 5) is 24.9. The Kier molecular flexibility index (Phi) is 4.39. The van der Waals surface area contributed by atoms with Gasteiger partial charge < -0.3 is 15.0 Å². The first kappa shape index (κ1) is 13.4. The van der Waals surface area contributed by atoms with Gasteiger partial charge in [-0.3, -0.25) is 4.79 Å². The van der Waals surface area contributed by atoms with Gasteiger partial charge in [0.15, 0.2) is 0 Å². The molecule has 1 unspecified atom stereocenters. The Labute approximate surface area is 112 Å². The SMILES string of the molecule is CNC(=O)C1CCN(C(=O)OCc2ccccc2)C1. The summed E-state index contributed by atoms with van der Waals surface area (Å²) in [6.45, 7) is 1.28. The van der Waals surface area contributed by atoms with Crippen LogP contribution in [-0.4, -0.2) is 37.0 Å². The molecule has 1 N–H and O–H groups in total. The lowest BCUT2D eigenvalue weighted by molar-refractivity contribution is -0.124. The number of rotatable bonds is 3. The number of ether oxygens (including phenoxy) is 1. The van der Waals surface area contributed by atoms with Gasteiger partial charge in [0.2, 0.25) is 5.91 Å². The molecular weight excluding hydrogens is 244 g/mol. The maximum absolute atomic E-state index is 11.8. The third-order valence-electron chi connectivity index (χ3n) is 3.27. The predicted octanol–water partition coefficient (Wildman–Crippen LogP) is 1.39. The van der Waals surface area contributed by atoms with Crippen molar-refractivity contribution in [1.82, 2.24) is 10.2 Å². The Hall–Kier alpha value is -2.04. The van der Waals surface area contributed by atoms with Crippen LogP contribution in [0.4, 0.5) is 4.79 Å². The average Bonchev–Trinajstić information content (AvgIpc) is 2.95. The summed E-state index contributed by atoms with van der Waals surface area (Å²) in [5, 5.41) is 2.61. The molecule has 1 aliphatic heterocycles. The van der Waals surface area contributed by atoms with Crippen molar-refractivity contribution in [2.75, 3.05) is 20.1 Å². The molecule has 19 heavy (non-hydrogen) atoms. The Morgan fingerprint density at radius 1 is 1.37 bits per heavy atom. The number of amides is 2. The summed E-state index contributed by atoms with van der Waals surface area (Å²) in [7, 11) is 1.61. The van der Waals surface area contributed by atoms with E-state index in [1.807, 2.05) is 30.3 Å². The van der Waals surface area contributed by atoms with E-state index in [9.17, 15) is 9.59 Å². The Morgan fingerprint density at radius 3 is 2.79 bits per heavy atom. The van der Waals surface area contributed by atoms with Crippen LogP contribution in [-0.2, 0) is 16.1 Å². The zero-order valence-electron chi connectivity index (χ0n) is 11.0. The number of carbonyl (C=O) groups is 2. The van der Waals surface area contributed by atoms with E-state index in [-0.39, 0.29) is 24.5 Å². The second-order valence-corrected chi connectivity index (χ2v) is 4.59. The molecule has 1 aromatic rings. The molecule has 0 aromatic heterocycles. The van der Waals surface area contributed by atoms with Crippen LogP contribution in [0.5, 0.6) is 0 Å². The predicted molar refractivity (Wildman–Crippen MR) is 70.4 cm³/mol. The molecule has 5 heteroatoms. The monoisotopic (exact) mass is 262 g/mol. The molecule has 0 aliphatic carbocycles. The summed E-state index contributed by atoms with van der Waals surface area (Å²) >= 11 is 0. The van der Waals surface area contributed by atoms with Crippen LogP contribution in [0.1, 0.15) is 12.0 Å². The summed E-state index contributed by atoms with van der Waals surface area (Å²) in [6, 6.07) is 9.54. The van der Waals surface area contributed by atoms with Crippen LogP contribution in [0.3, 0.4) is 0 Å². The third kappa shape index (κ3) is 3.47. The van der Waals surface area contributed by atoms with Crippen LogP contribution in [0.25, 0.3) is 0 Å². The Bertz CT molecular complexity index is 447. The average molecular weight is 262 g/mol. The van der Waals surface area contributed by atoms with Crippen molar-refractivity contribution in [2.24, 2.45) is 5.92 Å². The largest absolute Gasteiger partial charge is 0.445 e. The number of carbonyl (C=O) groups excluding carboxylic acids is 2. The van der Waals surface area contributed by atoms with Crippen molar-refractivity contribution < 1.29 is 14.3 Å². The standard InChI is InChI=1S/C14H18N2O3/c1-15-13(17)12-7-8-16(9-12)14(18)19-10-11-5-3-2-4-6-11/h2-6,12H,7-10H2,1H3,(H,15,17). The second kappa shape index (κ2) is 6.22. The molecule has 1 aromatic carbocycles. The Morgan fingerprint density at radius 2 is 2.11 bits per heavy atom. The van der Waals surface area contributed by atoms with Crippen molar-refractivity contribution in [3.63, 3.8) is 0 Å². The minimum atomic E-state index is -0.352. The quantitative estimate of drug-likeness (QED) is 0.895. The maximum Gasteiger partial charge on any atom is 0.410 e. The van der Waals surface area contributed by atoms with Crippen LogP contribution in [0.2, 0.25) is 0 Å². The van der Waals surface area contributed by atoms with Gasteiger partial charge in [0.1, 0.15) is 6.61 Å². The molecule has 0 bridgehead atoms. The lowest BCUT2D eigenvalue weighted by Gasteiger charge is -2.16. The van der Waals surface area contributed by atoms with Gasteiger partial charge in [-0.25, -0.2) is 4.79 Å². The molecule has 2 rings (SSSR count). The number of nitrogens with one attached hydrogen (secondary N) is 1. The van der Waals surface area contributed by atoms with Crippen molar-refractivity contribution in [3.8, 4) is 0 Å². The van der Waals surface area contributed by atoms with E-state index >= 15 is 0 Å². The van der Waals surface area contributed by atoms with Gasteiger partial charge in [0.05, 0.1) is 5.92 Å². The number of likely N-dealkylation sites (tertiary alicyclic amines) is 1. The highest BCUT2D eigenvalue weighted by molar-refractivity contribution is 5.80. The van der Waals surface area contributed by atoms with Crippen molar-refractivity contribution in [2.45, 2.75) is 13.0 Å². The molecule has 0 radical (unpaired) electrons. The lowest BCUT2D eigenvalue weighted by Crippen LogP contribution is -2.33. The van der Waals surface area contributed by atoms with Crippen LogP contribution < -0.4 is 5.32 Å². The molecule has 5 nitrogen and oxygen atoms in total. The van der Waals surface area contributed by atoms with E-state index < -0.39 is 0 Å². The van der Waals surface area contributed by atoms with Crippen molar-refractivity contribution >= 4 is 12.0 Å². The highest BCUT2D eigenvalue weighted by Gasteiger charge is 2.31. The van der Waals surface area contributed by atoms with Gasteiger partial charge in [-0.2, -0.15) is 0 Å². The minimum Gasteiger partial charge on any atom is -0.445 e. The van der Waals surface area contributed by atoms with Crippen molar-refractivity contribution in [3.05, 3.63) is 35.9 Å². The fourth-order valence-electron chi connectivity index (χ4n) is 2.15. The molecule has 102 valence electrons. The molecule has 0 spiro atoms. The molecule has 1 saturated heterocycles. The van der Waals surface area contributed by atoms with Crippen molar-refractivity contribution in [1.29, 1.82) is 0 Å². The van der Waals surface area contributed by atoms with Crippen LogP contribution in [0, 0.1) is 5.92 Å². The van der Waals surface area contributed by atoms with E-state index in [0.717, 1.165) is 5.56 Å². The highest BCUT2D eigenvalue weighted by Crippen LogP contribution is 2.17. The number of hydrogen-bond acceptors (Lipinski definition) is 3. The van der Waals surface area contributed by atoms with Gasteiger partial charge in [0.25, 0.3) is 0 Å². The fourth-order valence-corrected chi connectivity index (χ4v) is 2.15. The van der Waals surface area contributed by atoms with Gasteiger partial charge in [-0.15, -0.1) is 0 Å². The van der Waals surface area contributed by atoms with E-state index in [2.05, 4.69) is 5.32 Å². The smallest absolute Gasteiger partial charge is 0.410 e. The minimum absolute atomic E-state index is 0.0154. The summed E-state index contributed by atoms with van der Waals surface area (Å²) < 4.78 is 5.23. The molecule has 2 amide bonds. The fraction of sp³-hybridized carbons (Fsp3) is 0.429. The summed E-state index contributed by atoms with van der Waals surface area (Å²) in [5.74, 6) is -0.132. The van der Waals surface area contributed by atoms with Gasteiger partial charge >= 0.3 is 6.09 Å². The van der Waals surface area contributed by atoms with Crippen LogP contribution >= 0.6 is 0 Å². The zero-order valence-corrected chi connectivity index (χ0v) is 11.0. The zero-order chi connectivity index (χ0) is 13.7. The first-order valence-electron chi connectivity index (χ1n) is 6.38. The summed E-state index contributed by atoms with van der Waals surface area (Å²) in [6.07, 6.45) is 0.343. The molecule has 1 fully saturated rings. The molecule has 1 heterocycles. The Balaban J connectivity index is 1.80. The van der Waals surface area contributed by atoms with E-state index in [1.165, 1.54) is 0 Å². The lowest BCUT2D eigenvalue weighted by atomic mass is 10.1. The highest BCUT2D eigenvalue weighted by atomic mass is 16.6. The van der Waals surface area contributed by atoms with E-state index in [4.69, 9.17) is 4.74 Å². The number of hydrogen-bond donors (Lipinski definition) is 1. The first-order valence-corrected chi connectivity index (χ1v) is 6.38. The van der Waals surface area contributed by atoms with E-state index in [1.54, 1.807) is 11.9 Å². The molecule has 0 saturated carbocycles. The normalized spacial score (nSPS) is 18.2. The first-order chi connectivity index (χ1) is 9.20. The van der Waals surface area contributed by atoms with Gasteiger partial charge in [-0.05, 0) is 12.0 Å². The second-order valence-electron chi connectivity index (χ2n) is 4.59. The maximum atomic E-state index is 11.8. The molecule has 1 aliphatic rings. The van der Waals surface area contributed by atoms with Gasteiger partial charge in [0, 0.05) is 20.1 Å². The molecule has 1 atom stereocenters. The molecular formula is C14H18N2O3. The third-order valence-corrected chi connectivity index (χ3v) is 3.27.